The highest BCUT2D eigenvalue weighted by Crippen LogP contribution is 2.20. The largest absolute Gasteiger partial charge is 0.350 e. The van der Waals surface area contributed by atoms with Crippen LogP contribution in [0.4, 0.5) is 4.79 Å². The first-order valence-corrected chi connectivity index (χ1v) is 4.75. The van der Waals surface area contributed by atoms with Crippen LogP contribution in [0.15, 0.2) is 15.9 Å². The van der Waals surface area contributed by atoms with Crippen molar-refractivity contribution in [1.29, 1.82) is 0 Å². The van der Waals surface area contributed by atoms with E-state index in [9.17, 15) is 4.79 Å². The molecule has 0 bridgehead atoms. The first-order valence-electron chi connectivity index (χ1n) is 3.08. The number of nitrogens with two attached hydrogens (primary N) is 1. The van der Waals surface area contributed by atoms with Gasteiger partial charge in [0.05, 0.1) is 6.54 Å². The average Bonchev–Trinajstić information content (AvgIpc) is 2.35. The summed E-state index contributed by atoms with van der Waals surface area (Å²) < 4.78 is 0.931. The van der Waals surface area contributed by atoms with E-state index >= 15 is 0 Å². The normalized spacial score (nSPS) is 9.83. The smallest absolute Gasteiger partial charge is 0.338 e. The summed E-state index contributed by atoms with van der Waals surface area (Å²) in [6, 6.07) is 0.969. The summed E-state index contributed by atoms with van der Waals surface area (Å²) in [4.78, 5) is 11.3. The second kappa shape index (κ2) is 3.88. The van der Waals surface area contributed by atoms with Crippen LogP contribution < -0.4 is 5.73 Å². The van der Waals surface area contributed by atoms with Crippen LogP contribution in [0.5, 0.6) is 0 Å². The van der Waals surface area contributed by atoms with Gasteiger partial charge in [0.2, 0.25) is 0 Å². The molecule has 0 saturated heterocycles. The maximum Gasteiger partial charge on any atom is 0.338 e. The van der Waals surface area contributed by atoms with Crippen LogP contribution in [0.1, 0.15) is 4.88 Å². The van der Waals surface area contributed by atoms with Crippen molar-refractivity contribution < 1.29 is 10.0 Å². The Hall–Kier alpha value is -0.590. The van der Waals surface area contributed by atoms with Crippen LogP contribution >= 0.6 is 27.3 Å². The van der Waals surface area contributed by atoms with E-state index < -0.39 is 6.03 Å². The van der Waals surface area contributed by atoms with Gasteiger partial charge in [-0.15, -0.1) is 11.3 Å². The van der Waals surface area contributed by atoms with Gasteiger partial charge in [-0.05, 0) is 22.0 Å². The minimum Gasteiger partial charge on any atom is -0.350 e. The Labute approximate surface area is 81.7 Å². The second-order valence-electron chi connectivity index (χ2n) is 2.13. The van der Waals surface area contributed by atoms with Gasteiger partial charge >= 0.3 is 6.03 Å². The molecule has 0 radical (unpaired) electrons. The highest BCUT2D eigenvalue weighted by Gasteiger charge is 2.07. The van der Waals surface area contributed by atoms with Crippen molar-refractivity contribution in [3.8, 4) is 0 Å². The first-order chi connectivity index (χ1) is 5.59. The number of hydroxylamine groups is 2. The predicted octanol–water partition coefficient (Wildman–Crippen LogP) is 1.78. The third-order valence-electron chi connectivity index (χ3n) is 1.18. The Kier molecular flexibility index (Phi) is 3.07. The fourth-order valence-electron chi connectivity index (χ4n) is 0.662. The van der Waals surface area contributed by atoms with E-state index in [1.807, 2.05) is 11.4 Å². The molecule has 0 fully saturated rings. The van der Waals surface area contributed by atoms with Gasteiger partial charge in [-0.25, -0.2) is 9.86 Å². The number of carbonyl (C=O) groups is 1. The molecule has 1 aromatic rings. The number of rotatable bonds is 2. The van der Waals surface area contributed by atoms with Crippen LogP contribution in [-0.4, -0.2) is 16.3 Å². The third-order valence-corrected chi connectivity index (χ3v) is 2.86. The molecule has 1 aromatic heterocycles. The molecule has 0 aromatic carbocycles. The molecule has 4 nitrogen and oxygen atoms in total. The van der Waals surface area contributed by atoms with Crippen molar-refractivity contribution in [2.45, 2.75) is 6.54 Å². The molecular weight excluding hydrogens is 244 g/mol. The maximum absolute atomic E-state index is 10.4. The molecule has 0 spiro atoms. The molecule has 3 N–H and O–H groups in total. The van der Waals surface area contributed by atoms with E-state index in [-0.39, 0.29) is 6.54 Å². The van der Waals surface area contributed by atoms with Crippen molar-refractivity contribution in [2.24, 2.45) is 5.73 Å². The summed E-state index contributed by atoms with van der Waals surface area (Å²) in [5.74, 6) is 0. The topological polar surface area (TPSA) is 66.6 Å². The Morgan fingerprint density at radius 2 is 2.50 bits per heavy atom. The quantitative estimate of drug-likeness (QED) is 0.621. The number of urea groups is 1. The number of primary amides is 1. The summed E-state index contributed by atoms with van der Waals surface area (Å²) in [6.07, 6.45) is 0. The minimum atomic E-state index is -0.848. The minimum absolute atomic E-state index is 0.131. The van der Waals surface area contributed by atoms with Gasteiger partial charge in [0.25, 0.3) is 0 Å². The maximum atomic E-state index is 10.4. The standard InChI is InChI=1S/C6H7BrN2O2S/c7-4-1-5(12-3-4)2-9(11)6(8)10/h1,3,11H,2H2,(H2,8,10). The zero-order chi connectivity index (χ0) is 9.14. The molecule has 6 heteroatoms. The van der Waals surface area contributed by atoms with Crippen LogP contribution in [0.3, 0.4) is 0 Å². The van der Waals surface area contributed by atoms with E-state index in [0.717, 1.165) is 9.35 Å². The van der Waals surface area contributed by atoms with Crippen LogP contribution in [0.25, 0.3) is 0 Å². The lowest BCUT2D eigenvalue weighted by Gasteiger charge is -2.09. The van der Waals surface area contributed by atoms with Gasteiger partial charge in [-0.1, -0.05) is 0 Å². The number of carbonyl (C=O) groups excluding carboxylic acids is 1. The predicted molar refractivity (Wildman–Crippen MR) is 48.9 cm³/mol. The van der Waals surface area contributed by atoms with Crippen molar-refractivity contribution >= 4 is 33.3 Å². The number of nitrogens with zero attached hydrogens (tertiary/aromatic N) is 1. The number of hydrogen-bond acceptors (Lipinski definition) is 3. The van der Waals surface area contributed by atoms with E-state index in [4.69, 9.17) is 10.9 Å². The Bertz CT molecular complexity index is 289. The van der Waals surface area contributed by atoms with Crippen LogP contribution in [0, 0.1) is 0 Å². The van der Waals surface area contributed by atoms with E-state index in [1.165, 1.54) is 11.3 Å². The summed E-state index contributed by atoms with van der Waals surface area (Å²) in [5, 5.41) is 11.3. The first kappa shape index (κ1) is 9.50. The number of hydrogen-bond donors (Lipinski definition) is 2. The van der Waals surface area contributed by atoms with Gasteiger partial charge in [0.1, 0.15) is 0 Å². The zero-order valence-electron chi connectivity index (χ0n) is 6.03. The molecule has 2 amide bonds. The highest BCUT2D eigenvalue weighted by atomic mass is 79.9. The van der Waals surface area contributed by atoms with Gasteiger partial charge in [-0.2, -0.15) is 0 Å². The molecule has 1 heterocycles. The van der Waals surface area contributed by atoms with Gasteiger partial charge < -0.3 is 5.73 Å². The number of halogens is 1. The Balaban J connectivity index is 2.58. The van der Waals surface area contributed by atoms with Crippen molar-refractivity contribution in [3.05, 3.63) is 20.8 Å². The van der Waals surface area contributed by atoms with E-state index in [0.29, 0.717) is 5.06 Å². The summed E-state index contributed by atoms with van der Waals surface area (Å²) in [7, 11) is 0. The molecular formula is C6H7BrN2O2S. The van der Waals surface area contributed by atoms with E-state index in [1.54, 1.807) is 0 Å². The van der Waals surface area contributed by atoms with Crippen molar-refractivity contribution in [2.75, 3.05) is 0 Å². The Morgan fingerprint density at radius 3 is 2.92 bits per heavy atom. The number of amides is 2. The van der Waals surface area contributed by atoms with E-state index in [2.05, 4.69) is 15.9 Å². The fourth-order valence-corrected chi connectivity index (χ4v) is 2.09. The molecule has 0 aliphatic heterocycles. The van der Waals surface area contributed by atoms with Crippen LogP contribution in [-0.2, 0) is 6.54 Å². The fraction of sp³-hybridized carbons (Fsp3) is 0.167. The van der Waals surface area contributed by atoms with Gasteiger partial charge in [-0.3, -0.25) is 5.21 Å². The molecule has 66 valence electrons. The average molecular weight is 251 g/mol. The molecule has 0 aliphatic carbocycles. The molecule has 0 atom stereocenters. The SMILES string of the molecule is NC(=O)N(O)Cc1cc(Br)cs1. The monoisotopic (exact) mass is 250 g/mol. The lowest BCUT2D eigenvalue weighted by molar-refractivity contribution is -0.0462. The van der Waals surface area contributed by atoms with Crippen molar-refractivity contribution in [3.63, 3.8) is 0 Å². The summed E-state index contributed by atoms with van der Waals surface area (Å²) in [5.41, 5.74) is 4.82. The molecule has 0 unspecified atom stereocenters. The summed E-state index contributed by atoms with van der Waals surface area (Å²) in [6.45, 7) is 0.131. The number of thiophene rings is 1. The van der Waals surface area contributed by atoms with Crippen molar-refractivity contribution in [1.82, 2.24) is 5.06 Å². The molecule has 0 aliphatic rings. The van der Waals surface area contributed by atoms with Crippen LogP contribution in [0.2, 0.25) is 0 Å². The molecule has 12 heavy (non-hydrogen) atoms. The van der Waals surface area contributed by atoms with Gasteiger partial charge in [0, 0.05) is 14.7 Å². The summed E-state index contributed by atoms with van der Waals surface area (Å²) >= 11 is 4.69. The lowest BCUT2D eigenvalue weighted by Crippen LogP contribution is -2.31. The lowest BCUT2D eigenvalue weighted by atomic mass is 10.5. The highest BCUT2D eigenvalue weighted by molar-refractivity contribution is 9.10. The second-order valence-corrected chi connectivity index (χ2v) is 4.04. The molecule has 0 saturated carbocycles. The molecule has 1 rings (SSSR count). The van der Waals surface area contributed by atoms with Gasteiger partial charge in [0.15, 0.2) is 0 Å². The Morgan fingerprint density at radius 1 is 1.83 bits per heavy atom. The zero-order valence-corrected chi connectivity index (χ0v) is 8.43. The third kappa shape index (κ3) is 2.47.